The summed E-state index contributed by atoms with van der Waals surface area (Å²) in [6.45, 7) is 5.82. The predicted octanol–water partition coefficient (Wildman–Crippen LogP) is 0.999. The molecule has 1 atom stereocenters. The maximum absolute atomic E-state index is 14.0. The molecule has 7 heteroatoms. The van der Waals surface area contributed by atoms with Gasteiger partial charge in [0.25, 0.3) is 0 Å². The van der Waals surface area contributed by atoms with E-state index in [9.17, 15) is 4.39 Å². The molecule has 6 nitrogen and oxygen atoms in total. The number of benzene rings is 1. The van der Waals surface area contributed by atoms with Crippen LogP contribution in [0.4, 0.5) is 4.39 Å². The van der Waals surface area contributed by atoms with E-state index in [-0.39, 0.29) is 11.7 Å². The van der Waals surface area contributed by atoms with Crippen molar-refractivity contribution in [3.63, 3.8) is 0 Å². The standard InChI is InChI=1S/C16H20FN5O/c17-14-4-2-1-3-13(14)12-9-22-16(23-11-12)15(19-20-22)10-21-7-5-18-6-8-21/h1-4,12,18H,5-11H2/t12-/m0/s1. The van der Waals surface area contributed by atoms with Crippen molar-refractivity contribution < 1.29 is 9.13 Å². The Labute approximate surface area is 134 Å². The quantitative estimate of drug-likeness (QED) is 0.915. The van der Waals surface area contributed by atoms with Crippen LogP contribution in [0, 0.1) is 5.82 Å². The second-order valence-electron chi connectivity index (χ2n) is 6.08. The fraction of sp³-hybridized carbons (Fsp3) is 0.500. The number of hydrogen-bond acceptors (Lipinski definition) is 5. The highest BCUT2D eigenvalue weighted by Gasteiger charge is 2.28. The SMILES string of the molecule is Fc1ccccc1[C@@H]1COc2c(CN3CCNCC3)nnn2C1. The number of aromatic nitrogens is 3. The zero-order valence-corrected chi connectivity index (χ0v) is 12.9. The number of piperazine rings is 1. The van der Waals surface area contributed by atoms with Gasteiger partial charge in [-0.2, -0.15) is 0 Å². The van der Waals surface area contributed by atoms with Gasteiger partial charge < -0.3 is 10.1 Å². The maximum atomic E-state index is 14.0. The number of hydrogen-bond donors (Lipinski definition) is 1. The van der Waals surface area contributed by atoms with Crippen molar-refractivity contribution in [3.05, 3.63) is 41.3 Å². The molecule has 2 aliphatic heterocycles. The van der Waals surface area contributed by atoms with Crippen LogP contribution >= 0.6 is 0 Å². The Morgan fingerprint density at radius 1 is 1.26 bits per heavy atom. The summed E-state index contributed by atoms with van der Waals surface area (Å²) < 4.78 is 21.6. The van der Waals surface area contributed by atoms with E-state index in [0.29, 0.717) is 18.7 Å². The molecule has 1 saturated heterocycles. The zero-order valence-electron chi connectivity index (χ0n) is 12.9. The molecule has 0 amide bonds. The normalized spacial score (nSPS) is 21.7. The Morgan fingerprint density at radius 3 is 2.91 bits per heavy atom. The Hall–Kier alpha value is -1.99. The van der Waals surface area contributed by atoms with Gasteiger partial charge in [0.05, 0.1) is 13.2 Å². The molecule has 4 rings (SSSR count). The third-order valence-corrected chi connectivity index (χ3v) is 4.50. The van der Waals surface area contributed by atoms with Crippen LogP contribution in [-0.2, 0) is 13.1 Å². The third kappa shape index (κ3) is 2.94. The van der Waals surface area contributed by atoms with Crippen LogP contribution in [0.5, 0.6) is 5.88 Å². The number of nitrogens with zero attached hydrogens (tertiary/aromatic N) is 4. The van der Waals surface area contributed by atoms with Crippen LogP contribution in [0.1, 0.15) is 17.2 Å². The van der Waals surface area contributed by atoms with E-state index in [1.54, 1.807) is 10.7 Å². The summed E-state index contributed by atoms with van der Waals surface area (Å²) >= 11 is 0. The lowest BCUT2D eigenvalue weighted by molar-refractivity contribution is 0.190. The van der Waals surface area contributed by atoms with Gasteiger partial charge in [0.1, 0.15) is 11.5 Å². The maximum Gasteiger partial charge on any atom is 0.237 e. The molecule has 3 heterocycles. The van der Waals surface area contributed by atoms with Crippen molar-refractivity contribution in [1.29, 1.82) is 0 Å². The molecular weight excluding hydrogens is 297 g/mol. The van der Waals surface area contributed by atoms with Gasteiger partial charge in [-0.1, -0.05) is 23.4 Å². The Kier molecular flexibility index (Phi) is 3.97. The van der Waals surface area contributed by atoms with E-state index in [1.807, 2.05) is 12.1 Å². The molecule has 0 unspecified atom stereocenters. The summed E-state index contributed by atoms with van der Waals surface area (Å²) in [5.74, 6) is 0.513. The van der Waals surface area contributed by atoms with Crippen molar-refractivity contribution in [2.24, 2.45) is 0 Å². The first-order chi connectivity index (χ1) is 11.3. The van der Waals surface area contributed by atoms with Crippen LogP contribution in [0.15, 0.2) is 24.3 Å². The monoisotopic (exact) mass is 317 g/mol. The lowest BCUT2D eigenvalue weighted by Gasteiger charge is -2.28. The molecule has 2 aromatic rings. The smallest absolute Gasteiger partial charge is 0.237 e. The van der Waals surface area contributed by atoms with E-state index in [4.69, 9.17) is 4.74 Å². The predicted molar refractivity (Wildman–Crippen MR) is 82.8 cm³/mol. The van der Waals surface area contributed by atoms with E-state index < -0.39 is 0 Å². The molecule has 1 aromatic carbocycles. The average Bonchev–Trinajstić information content (AvgIpc) is 2.98. The largest absolute Gasteiger partial charge is 0.476 e. The molecule has 1 aromatic heterocycles. The first-order valence-electron chi connectivity index (χ1n) is 8.04. The summed E-state index contributed by atoms with van der Waals surface area (Å²) in [6.07, 6.45) is 0. The van der Waals surface area contributed by atoms with E-state index in [2.05, 4.69) is 20.5 Å². The topological polar surface area (TPSA) is 55.2 Å². The zero-order chi connectivity index (χ0) is 15.6. The van der Waals surface area contributed by atoms with Crippen molar-refractivity contribution in [1.82, 2.24) is 25.2 Å². The van der Waals surface area contributed by atoms with Gasteiger partial charge >= 0.3 is 0 Å². The highest BCUT2D eigenvalue weighted by molar-refractivity contribution is 5.25. The van der Waals surface area contributed by atoms with Gasteiger partial charge in [-0.25, -0.2) is 9.07 Å². The fourth-order valence-corrected chi connectivity index (χ4v) is 3.23. The fourth-order valence-electron chi connectivity index (χ4n) is 3.23. The average molecular weight is 317 g/mol. The third-order valence-electron chi connectivity index (χ3n) is 4.50. The molecular formula is C16H20FN5O. The number of halogens is 1. The molecule has 0 aliphatic carbocycles. The van der Waals surface area contributed by atoms with Crippen LogP contribution in [0.3, 0.4) is 0 Å². The molecule has 0 saturated carbocycles. The van der Waals surface area contributed by atoms with Gasteiger partial charge in [-0.05, 0) is 11.6 Å². The van der Waals surface area contributed by atoms with Crippen LogP contribution in [-0.4, -0.2) is 52.7 Å². The van der Waals surface area contributed by atoms with E-state index >= 15 is 0 Å². The highest BCUT2D eigenvalue weighted by atomic mass is 19.1. The minimum atomic E-state index is -0.189. The van der Waals surface area contributed by atoms with Crippen LogP contribution < -0.4 is 10.1 Å². The molecule has 0 spiro atoms. The van der Waals surface area contributed by atoms with E-state index in [1.165, 1.54) is 6.07 Å². The van der Waals surface area contributed by atoms with Crippen LogP contribution in [0.25, 0.3) is 0 Å². The van der Waals surface area contributed by atoms with Gasteiger partial charge in [0.2, 0.25) is 5.88 Å². The number of ether oxygens (including phenoxy) is 1. The Balaban J connectivity index is 1.50. The van der Waals surface area contributed by atoms with Crippen molar-refractivity contribution in [2.75, 3.05) is 32.8 Å². The summed E-state index contributed by atoms with van der Waals surface area (Å²) in [7, 11) is 0. The van der Waals surface area contributed by atoms with Crippen molar-refractivity contribution in [3.8, 4) is 5.88 Å². The summed E-state index contributed by atoms with van der Waals surface area (Å²) in [5.41, 5.74) is 1.55. The summed E-state index contributed by atoms with van der Waals surface area (Å²) in [6, 6.07) is 6.86. The van der Waals surface area contributed by atoms with Gasteiger partial charge in [-0.3, -0.25) is 4.90 Å². The summed E-state index contributed by atoms with van der Waals surface area (Å²) in [5, 5.41) is 11.8. The minimum absolute atomic E-state index is 0.0302. The first kappa shape index (κ1) is 14.6. The van der Waals surface area contributed by atoms with E-state index in [0.717, 1.165) is 44.3 Å². The second kappa shape index (κ2) is 6.25. The van der Waals surface area contributed by atoms with Crippen LogP contribution in [0.2, 0.25) is 0 Å². The number of fused-ring (bicyclic) bond motifs is 1. The molecule has 23 heavy (non-hydrogen) atoms. The minimum Gasteiger partial charge on any atom is -0.476 e. The first-order valence-corrected chi connectivity index (χ1v) is 8.04. The Bertz CT molecular complexity index is 683. The molecule has 2 aliphatic rings. The Morgan fingerprint density at radius 2 is 2.09 bits per heavy atom. The lowest BCUT2D eigenvalue weighted by Crippen LogP contribution is -2.43. The van der Waals surface area contributed by atoms with Gasteiger partial charge in [0, 0.05) is 38.6 Å². The van der Waals surface area contributed by atoms with Crippen molar-refractivity contribution >= 4 is 0 Å². The summed E-state index contributed by atoms with van der Waals surface area (Å²) in [4.78, 5) is 2.34. The molecule has 0 radical (unpaired) electrons. The lowest BCUT2D eigenvalue weighted by atomic mass is 9.99. The van der Waals surface area contributed by atoms with Gasteiger partial charge in [0.15, 0.2) is 0 Å². The number of rotatable bonds is 3. The molecule has 1 fully saturated rings. The molecule has 0 bridgehead atoms. The number of nitrogens with one attached hydrogen (secondary N) is 1. The van der Waals surface area contributed by atoms with Gasteiger partial charge in [-0.15, -0.1) is 5.10 Å². The van der Waals surface area contributed by atoms with Crippen molar-refractivity contribution in [2.45, 2.75) is 19.0 Å². The second-order valence-corrected chi connectivity index (χ2v) is 6.08. The molecule has 122 valence electrons. The highest BCUT2D eigenvalue weighted by Crippen LogP contribution is 2.30. The molecule has 1 N–H and O–H groups in total.